The number of amides is 2. The van der Waals surface area contributed by atoms with Gasteiger partial charge in [0.15, 0.2) is 0 Å². The number of fused-ring (bicyclic) bond motifs is 1. The third kappa shape index (κ3) is 2.22. The van der Waals surface area contributed by atoms with Crippen molar-refractivity contribution in [1.29, 1.82) is 0 Å². The van der Waals surface area contributed by atoms with E-state index in [1.165, 1.54) is 4.90 Å². The Kier molecular flexibility index (Phi) is 3.36. The molecular formula is C16H12F2N2O2. The van der Waals surface area contributed by atoms with Crippen LogP contribution in [0.2, 0.25) is 0 Å². The summed E-state index contributed by atoms with van der Waals surface area (Å²) in [7, 11) is 1.57. The topological polar surface area (TPSA) is 49.4 Å². The minimum atomic E-state index is -1.07. The second-order valence-electron chi connectivity index (χ2n) is 5.00. The molecule has 1 unspecified atom stereocenters. The number of rotatable bonds is 2. The molecule has 2 amide bonds. The van der Waals surface area contributed by atoms with Crippen LogP contribution in [0.5, 0.6) is 0 Å². The first-order chi connectivity index (χ1) is 10.5. The summed E-state index contributed by atoms with van der Waals surface area (Å²) in [5.41, 5.74) is 0.890. The van der Waals surface area contributed by atoms with Gasteiger partial charge in [-0.25, -0.2) is 8.78 Å². The number of likely N-dealkylation sites (N-methyl/N-ethyl adjacent to an activating group) is 1. The molecule has 1 atom stereocenters. The SMILES string of the molecule is CN1C(=O)C(C(=O)Nc2cc(F)ccc2F)c2ccccc21. The second kappa shape index (κ2) is 5.22. The van der Waals surface area contributed by atoms with Gasteiger partial charge in [0.2, 0.25) is 11.8 Å². The molecule has 0 fully saturated rings. The van der Waals surface area contributed by atoms with Crippen molar-refractivity contribution in [2.24, 2.45) is 0 Å². The molecule has 2 aromatic rings. The number of hydrogen-bond acceptors (Lipinski definition) is 2. The summed E-state index contributed by atoms with van der Waals surface area (Å²) in [5.74, 6) is -3.60. The molecule has 1 N–H and O–H groups in total. The lowest BCUT2D eigenvalue weighted by atomic mass is 10.00. The first-order valence-electron chi connectivity index (χ1n) is 6.61. The molecule has 0 bridgehead atoms. The summed E-state index contributed by atoms with van der Waals surface area (Å²) in [6.45, 7) is 0. The van der Waals surface area contributed by atoms with E-state index in [0.717, 1.165) is 18.2 Å². The van der Waals surface area contributed by atoms with Crippen LogP contribution in [0.25, 0.3) is 0 Å². The summed E-state index contributed by atoms with van der Waals surface area (Å²) in [6.07, 6.45) is 0. The Morgan fingerprint density at radius 3 is 2.68 bits per heavy atom. The van der Waals surface area contributed by atoms with Gasteiger partial charge in [0.25, 0.3) is 0 Å². The Morgan fingerprint density at radius 2 is 1.91 bits per heavy atom. The van der Waals surface area contributed by atoms with Gasteiger partial charge < -0.3 is 10.2 Å². The van der Waals surface area contributed by atoms with Gasteiger partial charge in [-0.15, -0.1) is 0 Å². The van der Waals surface area contributed by atoms with Gasteiger partial charge in [-0.3, -0.25) is 9.59 Å². The molecule has 3 rings (SSSR count). The predicted molar refractivity (Wildman–Crippen MR) is 77.6 cm³/mol. The van der Waals surface area contributed by atoms with Crippen LogP contribution in [0, 0.1) is 11.6 Å². The van der Waals surface area contributed by atoms with Crippen LogP contribution in [-0.4, -0.2) is 18.9 Å². The number of carbonyl (C=O) groups is 2. The van der Waals surface area contributed by atoms with Crippen molar-refractivity contribution in [2.75, 3.05) is 17.3 Å². The van der Waals surface area contributed by atoms with Gasteiger partial charge >= 0.3 is 0 Å². The Morgan fingerprint density at radius 1 is 1.18 bits per heavy atom. The van der Waals surface area contributed by atoms with E-state index in [1.54, 1.807) is 31.3 Å². The van der Waals surface area contributed by atoms with Gasteiger partial charge in [0, 0.05) is 18.8 Å². The molecule has 0 spiro atoms. The average Bonchev–Trinajstić information content (AvgIpc) is 2.75. The lowest BCUT2D eigenvalue weighted by Gasteiger charge is -2.12. The Balaban J connectivity index is 1.93. The number of benzene rings is 2. The number of para-hydroxylation sites is 1. The van der Waals surface area contributed by atoms with E-state index in [9.17, 15) is 18.4 Å². The van der Waals surface area contributed by atoms with Gasteiger partial charge in [0.05, 0.1) is 5.69 Å². The monoisotopic (exact) mass is 302 g/mol. The van der Waals surface area contributed by atoms with Crippen LogP contribution in [0.3, 0.4) is 0 Å². The van der Waals surface area contributed by atoms with Crippen molar-refractivity contribution < 1.29 is 18.4 Å². The van der Waals surface area contributed by atoms with Crippen LogP contribution in [0.4, 0.5) is 20.2 Å². The molecule has 22 heavy (non-hydrogen) atoms. The quantitative estimate of drug-likeness (QED) is 0.867. The molecule has 0 aromatic heterocycles. The third-order valence-corrected chi connectivity index (χ3v) is 3.64. The second-order valence-corrected chi connectivity index (χ2v) is 5.00. The van der Waals surface area contributed by atoms with E-state index < -0.39 is 29.4 Å². The maximum absolute atomic E-state index is 13.6. The normalized spacial score (nSPS) is 16.6. The van der Waals surface area contributed by atoms with Crippen molar-refractivity contribution in [3.63, 3.8) is 0 Å². The number of hydrogen-bond donors (Lipinski definition) is 1. The van der Waals surface area contributed by atoms with Gasteiger partial charge in [-0.2, -0.15) is 0 Å². The van der Waals surface area contributed by atoms with E-state index in [2.05, 4.69) is 5.32 Å². The summed E-state index contributed by atoms with van der Waals surface area (Å²) in [5, 5.41) is 2.28. The molecule has 1 aliphatic heterocycles. The Bertz CT molecular complexity index is 776. The highest BCUT2D eigenvalue weighted by molar-refractivity contribution is 6.20. The maximum Gasteiger partial charge on any atom is 0.243 e. The van der Waals surface area contributed by atoms with Gasteiger partial charge in [0.1, 0.15) is 17.6 Å². The molecule has 0 saturated carbocycles. The highest BCUT2D eigenvalue weighted by Crippen LogP contribution is 2.36. The fourth-order valence-corrected chi connectivity index (χ4v) is 2.53. The van der Waals surface area contributed by atoms with E-state index in [-0.39, 0.29) is 5.69 Å². The van der Waals surface area contributed by atoms with Crippen molar-refractivity contribution >= 4 is 23.2 Å². The molecule has 6 heteroatoms. The smallest absolute Gasteiger partial charge is 0.243 e. The molecule has 0 radical (unpaired) electrons. The number of anilines is 2. The van der Waals surface area contributed by atoms with Crippen molar-refractivity contribution in [3.8, 4) is 0 Å². The van der Waals surface area contributed by atoms with Crippen LogP contribution in [0.15, 0.2) is 42.5 Å². The number of carbonyl (C=O) groups excluding carboxylic acids is 2. The lowest BCUT2D eigenvalue weighted by Crippen LogP contribution is -2.31. The summed E-state index contributed by atoms with van der Waals surface area (Å²) in [6, 6.07) is 9.62. The fourth-order valence-electron chi connectivity index (χ4n) is 2.53. The summed E-state index contributed by atoms with van der Waals surface area (Å²) in [4.78, 5) is 26.0. The zero-order chi connectivity index (χ0) is 15.9. The summed E-state index contributed by atoms with van der Waals surface area (Å²) < 4.78 is 26.8. The number of nitrogens with zero attached hydrogens (tertiary/aromatic N) is 1. The molecule has 0 saturated heterocycles. The molecule has 112 valence electrons. The molecular weight excluding hydrogens is 290 g/mol. The van der Waals surface area contributed by atoms with Crippen LogP contribution >= 0.6 is 0 Å². The molecule has 4 nitrogen and oxygen atoms in total. The van der Waals surface area contributed by atoms with Crippen LogP contribution in [-0.2, 0) is 9.59 Å². The minimum absolute atomic E-state index is 0.287. The standard InChI is InChI=1S/C16H12F2N2O2/c1-20-13-5-3-2-4-10(13)14(16(20)22)15(21)19-12-8-9(17)6-7-11(12)18/h2-8,14H,1H3,(H,19,21). The van der Waals surface area contributed by atoms with E-state index in [1.807, 2.05) is 0 Å². The number of nitrogens with one attached hydrogen (secondary N) is 1. The zero-order valence-electron chi connectivity index (χ0n) is 11.6. The molecule has 1 heterocycles. The molecule has 2 aromatic carbocycles. The Labute approximate surface area is 125 Å². The first kappa shape index (κ1) is 14.2. The highest BCUT2D eigenvalue weighted by Gasteiger charge is 2.40. The highest BCUT2D eigenvalue weighted by atomic mass is 19.1. The van der Waals surface area contributed by atoms with Crippen LogP contribution in [0.1, 0.15) is 11.5 Å². The van der Waals surface area contributed by atoms with E-state index in [4.69, 9.17) is 0 Å². The average molecular weight is 302 g/mol. The lowest BCUT2D eigenvalue weighted by molar-refractivity contribution is -0.126. The number of halogens is 2. The van der Waals surface area contributed by atoms with E-state index >= 15 is 0 Å². The Hall–Kier alpha value is -2.76. The summed E-state index contributed by atoms with van der Waals surface area (Å²) >= 11 is 0. The van der Waals surface area contributed by atoms with Gasteiger partial charge in [-0.05, 0) is 23.8 Å². The van der Waals surface area contributed by atoms with Crippen LogP contribution < -0.4 is 10.2 Å². The fraction of sp³-hybridized carbons (Fsp3) is 0.125. The van der Waals surface area contributed by atoms with E-state index in [0.29, 0.717) is 11.3 Å². The molecule has 0 aliphatic carbocycles. The van der Waals surface area contributed by atoms with Crippen molar-refractivity contribution in [3.05, 3.63) is 59.7 Å². The van der Waals surface area contributed by atoms with Crippen molar-refractivity contribution in [2.45, 2.75) is 5.92 Å². The van der Waals surface area contributed by atoms with Crippen molar-refractivity contribution in [1.82, 2.24) is 0 Å². The third-order valence-electron chi connectivity index (χ3n) is 3.64. The largest absolute Gasteiger partial charge is 0.323 e. The first-order valence-corrected chi connectivity index (χ1v) is 6.61. The predicted octanol–water partition coefficient (Wildman–Crippen LogP) is 2.66. The minimum Gasteiger partial charge on any atom is -0.323 e. The van der Waals surface area contributed by atoms with Gasteiger partial charge in [-0.1, -0.05) is 18.2 Å². The maximum atomic E-state index is 13.6. The zero-order valence-corrected chi connectivity index (χ0v) is 11.6. The molecule has 1 aliphatic rings.